The van der Waals surface area contributed by atoms with E-state index in [1.807, 2.05) is 45.0 Å². The standard InChI is InChI=1S/C23H20FN5O3/c1-13(2)28-22-18(12-25-28)17(11-20(27-22)16-7-5-4-6-14(16)3)23(30)26-15-8-9-19(24)21(10-15)29(31)32/h4-13H,1-3H3,(H,26,30). The third-order valence-corrected chi connectivity index (χ3v) is 5.12. The molecular formula is C23H20FN5O3. The van der Waals surface area contributed by atoms with Gasteiger partial charge in [0.1, 0.15) is 0 Å². The van der Waals surface area contributed by atoms with E-state index >= 15 is 0 Å². The highest BCUT2D eigenvalue weighted by molar-refractivity contribution is 6.12. The van der Waals surface area contributed by atoms with Crippen LogP contribution in [0.3, 0.4) is 0 Å². The van der Waals surface area contributed by atoms with Crippen molar-refractivity contribution in [2.24, 2.45) is 0 Å². The van der Waals surface area contributed by atoms with Gasteiger partial charge in [-0.25, -0.2) is 9.67 Å². The molecule has 8 nitrogen and oxygen atoms in total. The van der Waals surface area contributed by atoms with Crippen molar-refractivity contribution >= 4 is 28.3 Å². The zero-order valence-electron chi connectivity index (χ0n) is 17.7. The molecule has 0 bridgehead atoms. The van der Waals surface area contributed by atoms with Crippen LogP contribution in [0.4, 0.5) is 15.8 Å². The van der Waals surface area contributed by atoms with Crippen molar-refractivity contribution in [1.82, 2.24) is 14.8 Å². The molecule has 0 aliphatic carbocycles. The van der Waals surface area contributed by atoms with Crippen molar-refractivity contribution in [3.05, 3.63) is 81.8 Å². The van der Waals surface area contributed by atoms with E-state index in [1.165, 1.54) is 6.07 Å². The third-order valence-electron chi connectivity index (χ3n) is 5.12. The van der Waals surface area contributed by atoms with Crippen molar-refractivity contribution in [3.8, 4) is 11.3 Å². The largest absolute Gasteiger partial charge is 0.322 e. The number of hydrogen-bond donors (Lipinski definition) is 1. The molecule has 4 rings (SSSR count). The molecule has 0 atom stereocenters. The monoisotopic (exact) mass is 433 g/mol. The number of halogens is 1. The lowest BCUT2D eigenvalue weighted by Gasteiger charge is -2.12. The molecule has 0 aliphatic heterocycles. The first-order valence-corrected chi connectivity index (χ1v) is 9.96. The summed E-state index contributed by atoms with van der Waals surface area (Å²) in [5, 5.41) is 18.6. The molecular weight excluding hydrogens is 413 g/mol. The Balaban J connectivity index is 1.84. The van der Waals surface area contributed by atoms with Gasteiger partial charge >= 0.3 is 5.69 Å². The number of carbonyl (C=O) groups is 1. The van der Waals surface area contributed by atoms with Gasteiger partial charge < -0.3 is 5.32 Å². The minimum absolute atomic E-state index is 0.0165. The van der Waals surface area contributed by atoms with E-state index < -0.39 is 22.3 Å². The molecule has 0 saturated heterocycles. The van der Waals surface area contributed by atoms with Crippen LogP contribution >= 0.6 is 0 Å². The lowest BCUT2D eigenvalue weighted by atomic mass is 10.0. The molecule has 1 amide bonds. The second-order valence-electron chi connectivity index (χ2n) is 7.67. The highest BCUT2D eigenvalue weighted by Gasteiger charge is 2.21. The molecule has 9 heteroatoms. The average Bonchev–Trinajstić information content (AvgIpc) is 3.19. The molecule has 162 valence electrons. The summed E-state index contributed by atoms with van der Waals surface area (Å²) in [6, 6.07) is 12.6. The van der Waals surface area contributed by atoms with Gasteiger partial charge in [0.05, 0.1) is 27.8 Å². The van der Waals surface area contributed by atoms with Gasteiger partial charge in [-0.1, -0.05) is 24.3 Å². The Kier molecular flexibility index (Phi) is 5.40. The molecule has 1 N–H and O–H groups in total. The molecule has 2 heterocycles. The molecule has 0 radical (unpaired) electrons. The number of pyridine rings is 1. The number of amides is 1. The summed E-state index contributed by atoms with van der Waals surface area (Å²) in [6.07, 6.45) is 1.58. The molecule has 32 heavy (non-hydrogen) atoms. The highest BCUT2D eigenvalue weighted by Crippen LogP contribution is 2.29. The minimum Gasteiger partial charge on any atom is -0.322 e. The van der Waals surface area contributed by atoms with Crippen LogP contribution in [0.15, 0.2) is 54.7 Å². The molecule has 4 aromatic rings. The molecule has 0 unspecified atom stereocenters. The number of fused-ring (bicyclic) bond motifs is 1. The van der Waals surface area contributed by atoms with Crippen LogP contribution in [0, 0.1) is 22.9 Å². The summed E-state index contributed by atoms with van der Waals surface area (Å²) in [5.41, 5.74) is 2.74. The van der Waals surface area contributed by atoms with E-state index in [4.69, 9.17) is 4.98 Å². The van der Waals surface area contributed by atoms with Crippen LogP contribution in [0.1, 0.15) is 35.8 Å². The Morgan fingerprint density at radius 2 is 1.94 bits per heavy atom. The summed E-state index contributed by atoms with van der Waals surface area (Å²) >= 11 is 0. The Labute approximate surface area is 182 Å². The van der Waals surface area contributed by atoms with Crippen molar-refractivity contribution in [2.75, 3.05) is 5.32 Å². The lowest BCUT2D eigenvalue weighted by Crippen LogP contribution is -2.14. The van der Waals surface area contributed by atoms with Crippen LogP contribution in [-0.2, 0) is 0 Å². The number of aryl methyl sites for hydroxylation is 1. The van der Waals surface area contributed by atoms with Crippen molar-refractivity contribution in [2.45, 2.75) is 26.8 Å². The number of benzene rings is 2. The Morgan fingerprint density at radius 1 is 1.19 bits per heavy atom. The van der Waals surface area contributed by atoms with Gasteiger partial charge in [0.25, 0.3) is 5.91 Å². The first kappa shape index (κ1) is 21.1. The minimum atomic E-state index is -0.973. The number of nitrogens with one attached hydrogen (secondary N) is 1. The number of anilines is 1. The maximum Gasteiger partial charge on any atom is 0.306 e. The molecule has 0 fully saturated rings. The first-order valence-electron chi connectivity index (χ1n) is 9.96. The molecule has 2 aromatic carbocycles. The van der Waals surface area contributed by atoms with Crippen LogP contribution in [0.25, 0.3) is 22.3 Å². The van der Waals surface area contributed by atoms with Crippen molar-refractivity contribution in [3.63, 3.8) is 0 Å². The van der Waals surface area contributed by atoms with E-state index in [2.05, 4.69) is 10.4 Å². The Morgan fingerprint density at radius 3 is 2.62 bits per heavy atom. The molecule has 0 spiro atoms. The molecule has 0 aliphatic rings. The predicted molar refractivity (Wildman–Crippen MR) is 119 cm³/mol. The van der Waals surface area contributed by atoms with Gasteiger partial charge in [-0.05, 0) is 44.5 Å². The molecule has 2 aromatic heterocycles. The Bertz CT molecular complexity index is 1360. The fraction of sp³-hybridized carbons (Fsp3) is 0.174. The van der Waals surface area contributed by atoms with Gasteiger partial charge in [0.2, 0.25) is 5.82 Å². The zero-order valence-corrected chi connectivity index (χ0v) is 17.7. The summed E-state index contributed by atoms with van der Waals surface area (Å²) in [5.74, 6) is -1.48. The summed E-state index contributed by atoms with van der Waals surface area (Å²) < 4.78 is 15.4. The van der Waals surface area contributed by atoms with Crippen molar-refractivity contribution in [1.29, 1.82) is 0 Å². The van der Waals surface area contributed by atoms with Crippen LogP contribution in [0.2, 0.25) is 0 Å². The van der Waals surface area contributed by atoms with E-state index in [0.29, 0.717) is 22.3 Å². The summed E-state index contributed by atoms with van der Waals surface area (Å²) in [6.45, 7) is 5.89. The van der Waals surface area contributed by atoms with E-state index in [-0.39, 0.29) is 11.7 Å². The zero-order chi connectivity index (χ0) is 23.0. The van der Waals surface area contributed by atoms with Gasteiger partial charge in [-0.15, -0.1) is 0 Å². The fourth-order valence-electron chi connectivity index (χ4n) is 3.51. The quantitative estimate of drug-likeness (QED) is 0.340. The van der Waals surface area contributed by atoms with Crippen LogP contribution in [-0.4, -0.2) is 25.6 Å². The van der Waals surface area contributed by atoms with Gasteiger partial charge in [-0.2, -0.15) is 9.49 Å². The van der Waals surface area contributed by atoms with Gasteiger partial charge in [0, 0.05) is 23.4 Å². The van der Waals surface area contributed by atoms with E-state index in [1.54, 1.807) is 16.9 Å². The first-order chi connectivity index (χ1) is 15.3. The second-order valence-corrected chi connectivity index (χ2v) is 7.67. The number of aromatic nitrogens is 3. The number of nitro benzene ring substituents is 1. The Hall–Kier alpha value is -4.14. The van der Waals surface area contributed by atoms with Gasteiger partial charge in [0.15, 0.2) is 5.65 Å². The van der Waals surface area contributed by atoms with Crippen LogP contribution < -0.4 is 5.32 Å². The number of carbonyl (C=O) groups excluding carboxylic acids is 1. The highest BCUT2D eigenvalue weighted by atomic mass is 19.1. The maximum absolute atomic E-state index is 13.7. The summed E-state index contributed by atoms with van der Waals surface area (Å²) in [4.78, 5) is 28.2. The lowest BCUT2D eigenvalue weighted by molar-refractivity contribution is -0.387. The number of hydrogen-bond acceptors (Lipinski definition) is 5. The fourth-order valence-corrected chi connectivity index (χ4v) is 3.51. The maximum atomic E-state index is 13.7. The van der Waals surface area contributed by atoms with E-state index in [9.17, 15) is 19.3 Å². The number of rotatable bonds is 5. The normalized spacial score (nSPS) is 11.2. The second kappa shape index (κ2) is 8.18. The molecule has 0 saturated carbocycles. The van der Waals surface area contributed by atoms with E-state index in [0.717, 1.165) is 23.3 Å². The third kappa shape index (κ3) is 3.80. The van der Waals surface area contributed by atoms with Crippen LogP contribution in [0.5, 0.6) is 0 Å². The topological polar surface area (TPSA) is 103 Å². The number of nitro groups is 1. The smallest absolute Gasteiger partial charge is 0.306 e. The average molecular weight is 433 g/mol. The summed E-state index contributed by atoms with van der Waals surface area (Å²) in [7, 11) is 0. The number of nitrogens with zero attached hydrogens (tertiary/aromatic N) is 4. The predicted octanol–water partition coefficient (Wildman–Crippen LogP) is 5.29. The van der Waals surface area contributed by atoms with Gasteiger partial charge in [-0.3, -0.25) is 14.9 Å². The van der Waals surface area contributed by atoms with Crippen molar-refractivity contribution < 1.29 is 14.1 Å². The SMILES string of the molecule is Cc1ccccc1-c1cc(C(=O)Nc2ccc(F)c([N+](=O)[O-])c2)c2cnn(C(C)C)c2n1.